The van der Waals surface area contributed by atoms with Crippen LogP contribution in [0.15, 0.2) is 41.9 Å². The maximum Gasteiger partial charge on any atom is 0.196 e. The lowest BCUT2D eigenvalue weighted by molar-refractivity contribution is 0.366. The summed E-state index contributed by atoms with van der Waals surface area (Å²) in [6.07, 6.45) is 5.30. The quantitative estimate of drug-likeness (QED) is 0.799. The van der Waals surface area contributed by atoms with E-state index in [-0.39, 0.29) is 5.92 Å². The highest BCUT2D eigenvalue weighted by Gasteiger charge is 2.36. The van der Waals surface area contributed by atoms with E-state index in [0.29, 0.717) is 10.9 Å². The molecule has 4 nitrogen and oxygen atoms in total. The van der Waals surface area contributed by atoms with E-state index >= 15 is 0 Å². The average molecular weight is 311 g/mol. The van der Waals surface area contributed by atoms with Crippen LogP contribution in [0.4, 0.5) is 5.82 Å². The fraction of sp³-hybridized carbons (Fsp3) is 0.294. The zero-order valence-corrected chi connectivity index (χ0v) is 12.7. The van der Waals surface area contributed by atoms with Crippen molar-refractivity contribution in [2.45, 2.75) is 25.2 Å². The van der Waals surface area contributed by atoms with Gasteiger partial charge < -0.3 is 5.32 Å². The fourth-order valence-corrected chi connectivity index (χ4v) is 3.52. The molecule has 1 aliphatic carbocycles. The number of nitrogens with zero attached hydrogens (tertiary/aromatic N) is 2. The Morgan fingerprint density at radius 3 is 2.73 bits per heavy atom. The summed E-state index contributed by atoms with van der Waals surface area (Å²) in [6, 6.07) is 7.76. The minimum absolute atomic E-state index is 0.142. The normalized spacial score (nSPS) is 20.8. The Balaban J connectivity index is 1.92. The highest BCUT2D eigenvalue weighted by molar-refractivity contribution is 6.31. The number of benzene rings is 1. The first-order valence-electron chi connectivity index (χ1n) is 7.46. The first kappa shape index (κ1) is 13.4. The van der Waals surface area contributed by atoms with E-state index < -0.39 is 0 Å². The van der Waals surface area contributed by atoms with Gasteiger partial charge >= 0.3 is 0 Å². The average Bonchev–Trinajstić information content (AvgIpc) is 2.93. The van der Waals surface area contributed by atoms with Gasteiger partial charge in [0.05, 0.1) is 18.7 Å². The van der Waals surface area contributed by atoms with Crippen LogP contribution in [0, 0.1) is 12.5 Å². The Hall–Kier alpha value is -2.25. The van der Waals surface area contributed by atoms with Gasteiger partial charge in [0.15, 0.2) is 5.70 Å². The highest BCUT2D eigenvalue weighted by Crippen LogP contribution is 2.47. The van der Waals surface area contributed by atoms with Gasteiger partial charge in [-0.2, -0.15) is 5.10 Å². The lowest BCUT2D eigenvalue weighted by Crippen LogP contribution is -2.26. The van der Waals surface area contributed by atoms with Gasteiger partial charge in [-0.1, -0.05) is 36.2 Å². The second-order valence-electron chi connectivity index (χ2n) is 5.82. The molecular formula is C17H15ClN4. The Kier molecular flexibility index (Phi) is 3.16. The van der Waals surface area contributed by atoms with Gasteiger partial charge in [-0.05, 0) is 30.4 Å². The number of allylic oxidation sites excluding steroid dienone is 2. The van der Waals surface area contributed by atoms with Crippen LogP contribution in [0.2, 0.25) is 5.02 Å². The monoisotopic (exact) mass is 310 g/mol. The number of hydrogen-bond acceptors (Lipinski definition) is 2. The van der Waals surface area contributed by atoms with Crippen LogP contribution >= 0.6 is 11.6 Å². The lowest BCUT2D eigenvalue weighted by Gasteiger charge is -2.35. The summed E-state index contributed by atoms with van der Waals surface area (Å²) in [5.74, 6) is 1.20. The Labute approximate surface area is 134 Å². The van der Waals surface area contributed by atoms with Crippen LogP contribution in [-0.4, -0.2) is 10.2 Å². The lowest BCUT2D eigenvalue weighted by atomic mass is 9.77. The van der Waals surface area contributed by atoms with E-state index in [9.17, 15) is 0 Å². The minimum atomic E-state index is -0.142. The van der Waals surface area contributed by atoms with Crippen molar-refractivity contribution in [2.24, 2.45) is 5.92 Å². The van der Waals surface area contributed by atoms with Gasteiger partial charge in [-0.3, -0.25) is 5.10 Å². The van der Waals surface area contributed by atoms with E-state index in [1.807, 2.05) is 24.3 Å². The van der Waals surface area contributed by atoms with Gasteiger partial charge in [0, 0.05) is 16.3 Å². The standard InChI is InChI=1S/C17H15ClN4/c1-19-16-14(11-7-2-3-8-13(11)18)12-9-20-22-17(12)21-15(16)10-5-4-6-10/h2-3,7-10,14H,4-6H2,(H2,20,21,22). The second kappa shape index (κ2) is 5.19. The molecule has 1 atom stereocenters. The molecule has 1 fully saturated rings. The predicted molar refractivity (Wildman–Crippen MR) is 86.5 cm³/mol. The summed E-state index contributed by atoms with van der Waals surface area (Å²) in [7, 11) is 0. The van der Waals surface area contributed by atoms with Crippen LogP contribution in [0.3, 0.4) is 0 Å². The van der Waals surface area contributed by atoms with Crippen molar-refractivity contribution >= 4 is 17.4 Å². The first-order chi connectivity index (χ1) is 10.8. The third-order valence-electron chi connectivity index (χ3n) is 4.64. The summed E-state index contributed by atoms with van der Waals surface area (Å²) >= 11 is 6.41. The van der Waals surface area contributed by atoms with Gasteiger partial charge in [-0.25, -0.2) is 4.85 Å². The van der Waals surface area contributed by atoms with Crippen LogP contribution in [0.25, 0.3) is 4.85 Å². The van der Waals surface area contributed by atoms with Crippen LogP contribution in [-0.2, 0) is 0 Å². The number of nitrogens with one attached hydrogen (secondary N) is 2. The third-order valence-corrected chi connectivity index (χ3v) is 4.98. The molecule has 0 radical (unpaired) electrons. The highest BCUT2D eigenvalue weighted by atomic mass is 35.5. The van der Waals surface area contributed by atoms with Crippen molar-refractivity contribution in [3.63, 3.8) is 0 Å². The topological polar surface area (TPSA) is 45.1 Å². The summed E-state index contributed by atoms with van der Waals surface area (Å²) in [6.45, 7) is 7.72. The molecule has 0 bridgehead atoms. The molecule has 0 spiro atoms. The van der Waals surface area contributed by atoms with Crippen molar-refractivity contribution in [3.05, 3.63) is 69.4 Å². The molecular weight excluding hydrogens is 296 g/mol. The maximum absolute atomic E-state index is 7.72. The van der Waals surface area contributed by atoms with Crippen molar-refractivity contribution in [1.29, 1.82) is 0 Å². The number of fused-ring (bicyclic) bond motifs is 1. The SMILES string of the molecule is [C-]#[N+]C1=C(C2CCC2)Nc2[nH]ncc2C1c1ccccc1Cl. The molecule has 2 aliphatic rings. The maximum atomic E-state index is 7.72. The van der Waals surface area contributed by atoms with Gasteiger partial charge in [-0.15, -0.1) is 0 Å². The summed E-state index contributed by atoms with van der Waals surface area (Å²) in [5.41, 5.74) is 3.76. The molecule has 2 N–H and O–H groups in total. The van der Waals surface area contributed by atoms with Crippen LogP contribution < -0.4 is 5.32 Å². The first-order valence-corrected chi connectivity index (χ1v) is 7.83. The van der Waals surface area contributed by atoms with Crippen molar-refractivity contribution in [1.82, 2.24) is 10.2 Å². The zero-order chi connectivity index (χ0) is 15.1. The molecule has 22 heavy (non-hydrogen) atoms. The van der Waals surface area contributed by atoms with Gasteiger partial charge in [0.2, 0.25) is 0 Å². The number of halogens is 1. The number of hydrogen-bond donors (Lipinski definition) is 2. The van der Waals surface area contributed by atoms with E-state index in [0.717, 1.165) is 41.2 Å². The van der Waals surface area contributed by atoms with Gasteiger partial charge in [0.1, 0.15) is 5.82 Å². The van der Waals surface area contributed by atoms with Crippen molar-refractivity contribution in [2.75, 3.05) is 5.32 Å². The summed E-state index contributed by atoms with van der Waals surface area (Å²) < 4.78 is 0. The molecule has 1 aromatic carbocycles. The fourth-order valence-electron chi connectivity index (χ4n) is 3.27. The van der Waals surface area contributed by atoms with Gasteiger partial charge in [0.25, 0.3) is 0 Å². The van der Waals surface area contributed by atoms with Crippen molar-refractivity contribution in [3.8, 4) is 0 Å². The molecule has 110 valence electrons. The Morgan fingerprint density at radius 2 is 2.05 bits per heavy atom. The van der Waals surface area contributed by atoms with E-state index in [1.165, 1.54) is 6.42 Å². The number of H-pyrrole nitrogens is 1. The molecule has 1 unspecified atom stereocenters. The van der Waals surface area contributed by atoms with E-state index in [2.05, 4.69) is 20.4 Å². The van der Waals surface area contributed by atoms with E-state index in [1.54, 1.807) is 6.20 Å². The number of aromatic amines is 1. The predicted octanol–water partition coefficient (Wildman–Crippen LogP) is 4.55. The number of anilines is 1. The Bertz CT molecular complexity index is 795. The Morgan fingerprint density at radius 1 is 1.23 bits per heavy atom. The van der Waals surface area contributed by atoms with E-state index in [4.69, 9.17) is 18.2 Å². The molecule has 0 saturated heterocycles. The molecule has 1 aromatic heterocycles. The zero-order valence-electron chi connectivity index (χ0n) is 11.9. The summed E-state index contributed by atoms with van der Waals surface area (Å²) in [5, 5.41) is 11.3. The molecule has 0 amide bonds. The number of rotatable bonds is 2. The number of aromatic nitrogens is 2. The largest absolute Gasteiger partial charge is 0.354 e. The van der Waals surface area contributed by atoms with Crippen molar-refractivity contribution < 1.29 is 0 Å². The molecule has 2 aromatic rings. The molecule has 4 rings (SSSR count). The second-order valence-corrected chi connectivity index (χ2v) is 6.23. The third kappa shape index (κ3) is 1.93. The molecule has 1 aliphatic heterocycles. The minimum Gasteiger partial charge on any atom is -0.354 e. The smallest absolute Gasteiger partial charge is 0.196 e. The van der Waals surface area contributed by atoms with Crippen LogP contribution in [0.1, 0.15) is 36.3 Å². The molecule has 1 saturated carbocycles. The molecule has 5 heteroatoms. The van der Waals surface area contributed by atoms with Crippen LogP contribution in [0.5, 0.6) is 0 Å². The summed E-state index contributed by atoms with van der Waals surface area (Å²) in [4.78, 5) is 3.88. The molecule has 2 heterocycles.